The molecule has 0 amide bonds. The number of benzene rings is 3. The molecule has 35 heavy (non-hydrogen) atoms. The molecular weight excluding hydrogens is 460 g/mol. The number of carbonyl (C=O) groups excluding carboxylic acids is 1. The van der Waals surface area contributed by atoms with Crippen LogP contribution in [0.4, 0.5) is 0 Å². The van der Waals surface area contributed by atoms with E-state index in [2.05, 4.69) is 51.2 Å². The van der Waals surface area contributed by atoms with Crippen molar-refractivity contribution in [3.05, 3.63) is 71.8 Å². The van der Waals surface area contributed by atoms with Crippen LogP contribution in [0.1, 0.15) is 29.8 Å². The van der Waals surface area contributed by atoms with E-state index in [-0.39, 0.29) is 5.97 Å². The zero-order chi connectivity index (χ0) is 24.4. The first kappa shape index (κ1) is 22.8. The number of imidazole rings is 1. The number of H-pyrrole nitrogens is 1. The maximum absolute atomic E-state index is 12.7. The molecule has 176 valence electrons. The van der Waals surface area contributed by atoms with Gasteiger partial charge in [0.25, 0.3) is 0 Å². The average molecular weight is 485 g/mol. The normalized spacial score (nSPS) is 11.2. The van der Waals surface area contributed by atoms with Gasteiger partial charge in [0.2, 0.25) is 0 Å². The van der Waals surface area contributed by atoms with Crippen molar-refractivity contribution in [2.24, 2.45) is 0 Å². The minimum absolute atomic E-state index is 0.377. The number of tetrazole rings is 1. The summed E-state index contributed by atoms with van der Waals surface area (Å²) in [6.07, 6.45) is 0.817. The minimum atomic E-state index is -0.377. The van der Waals surface area contributed by atoms with E-state index in [1.54, 1.807) is 11.8 Å². The number of esters is 1. The number of carbonyl (C=O) groups is 1. The summed E-state index contributed by atoms with van der Waals surface area (Å²) in [5.41, 5.74) is 7.08. The first-order chi connectivity index (χ1) is 17.2. The van der Waals surface area contributed by atoms with Crippen molar-refractivity contribution in [3.8, 4) is 28.2 Å². The SMILES string of the molecule is CCSc1nc2c(CC)ccc(C(=O)OC)c2n1-c1ccc(-c2ccccc2-c2nnn[nH]2)cc1. The second kappa shape index (κ2) is 9.71. The molecule has 1 N–H and O–H groups in total. The van der Waals surface area contributed by atoms with Crippen molar-refractivity contribution in [2.45, 2.75) is 25.4 Å². The summed E-state index contributed by atoms with van der Waals surface area (Å²) in [6, 6.07) is 20.0. The number of fused-ring (bicyclic) bond motifs is 1. The van der Waals surface area contributed by atoms with E-state index in [4.69, 9.17) is 9.72 Å². The van der Waals surface area contributed by atoms with Crippen molar-refractivity contribution < 1.29 is 9.53 Å². The molecule has 0 aliphatic heterocycles. The standard InChI is InChI=1S/C26H24N6O2S/c1-4-16-12-15-21(25(33)34-3)23-22(16)27-26(35-5-2)32(23)18-13-10-17(11-14-18)19-8-6-7-9-20(19)24-28-30-31-29-24/h6-15H,4-5H2,1-3H3,(H,28,29,30,31). The molecule has 2 aromatic heterocycles. The van der Waals surface area contributed by atoms with E-state index in [1.165, 1.54) is 7.11 Å². The van der Waals surface area contributed by atoms with Gasteiger partial charge in [-0.3, -0.25) is 4.57 Å². The van der Waals surface area contributed by atoms with Gasteiger partial charge in [-0.2, -0.15) is 0 Å². The number of nitrogens with one attached hydrogen (secondary N) is 1. The average Bonchev–Trinajstić information content (AvgIpc) is 3.57. The quantitative estimate of drug-likeness (QED) is 0.246. The molecule has 0 atom stereocenters. The third-order valence-corrected chi connectivity index (χ3v) is 6.70. The van der Waals surface area contributed by atoms with E-state index >= 15 is 0 Å². The van der Waals surface area contributed by atoms with Crippen LogP contribution in [0.2, 0.25) is 0 Å². The van der Waals surface area contributed by atoms with Gasteiger partial charge in [-0.15, -0.1) is 5.10 Å². The fraction of sp³-hybridized carbons (Fsp3) is 0.192. The smallest absolute Gasteiger partial charge is 0.340 e. The fourth-order valence-corrected chi connectivity index (χ4v) is 4.98. The van der Waals surface area contributed by atoms with Gasteiger partial charge >= 0.3 is 5.97 Å². The molecule has 2 heterocycles. The zero-order valence-corrected chi connectivity index (χ0v) is 20.5. The summed E-state index contributed by atoms with van der Waals surface area (Å²) in [7, 11) is 1.40. The third kappa shape index (κ3) is 4.08. The summed E-state index contributed by atoms with van der Waals surface area (Å²) in [5.74, 6) is 1.09. The van der Waals surface area contributed by atoms with Crippen LogP contribution in [0.25, 0.3) is 39.2 Å². The van der Waals surface area contributed by atoms with Gasteiger partial charge in [0.15, 0.2) is 11.0 Å². The van der Waals surface area contributed by atoms with Crippen molar-refractivity contribution in [1.29, 1.82) is 0 Å². The Morgan fingerprint density at radius 1 is 1.03 bits per heavy atom. The van der Waals surface area contributed by atoms with E-state index in [0.29, 0.717) is 11.4 Å². The molecule has 0 spiro atoms. The van der Waals surface area contributed by atoms with Crippen LogP contribution in [-0.4, -0.2) is 49.0 Å². The number of ether oxygens (including phenoxy) is 1. The third-order valence-electron chi connectivity index (χ3n) is 5.88. The lowest BCUT2D eigenvalue weighted by Crippen LogP contribution is -2.06. The van der Waals surface area contributed by atoms with Crippen molar-refractivity contribution >= 4 is 28.8 Å². The highest BCUT2D eigenvalue weighted by Gasteiger charge is 2.22. The fourth-order valence-electron chi connectivity index (χ4n) is 4.24. The summed E-state index contributed by atoms with van der Waals surface area (Å²) in [5, 5.41) is 15.2. The molecule has 0 saturated heterocycles. The lowest BCUT2D eigenvalue weighted by molar-refractivity contribution is 0.0602. The Bertz CT molecular complexity index is 1490. The van der Waals surface area contributed by atoms with Crippen molar-refractivity contribution in [2.75, 3.05) is 12.9 Å². The molecule has 8 nitrogen and oxygen atoms in total. The highest BCUT2D eigenvalue weighted by molar-refractivity contribution is 7.99. The Morgan fingerprint density at radius 3 is 2.46 bits per heavy atom. The van der Waals surface area contributed by atoms with E-state index in [0.717, 1.165) is 56.3 Å². The number of hydrogen-bond acceptors (Lipinski definition) is 7. The van der Waals surface area contributed by atoms with Crippen molar-refractivity contribution in [3.63, 3.8) is 0 Å². The summed E-state index contributed by atoms with van der Waals surface area (Å²) in [6.45, 7) is 4.18. The number of nitrogens with zero attached hydrogens (tertiary/aromatic N) is 5. The van der Waals surface area contributed by atoms with E-state index in [1.807, 2.05) is 48.5 Å². The van der Waals surface area contributed by atoms with Gasteiger partial charge in [0.1, 0.15) is 0 Å². The lowest BCUT2D eigenvalue weighted by Gasteiger charge is -2.13. The maximum atomic E-state index is 12.7. The molecule has 9 heteroatoms. The number of aromatic nitrogens is 6. The first-order valence-electron chi connectivity index (χ1n) is 11.4. The van der Waals surface area contributed by atoms with Gasteiger partial charge in [-0.05, 0) is 57.5 Å². The highest BCUT2D eigenvalue weighted by atomic mass is 32.2. The Morgan fingerprint density at radius 2 is 1.80 bits per heavy atom. The number of aryl methyl sites for hydroxylation is 1. The number of rotatable bonds is 7. The summed E-state index contributed by atoms with van der Waals surface area (Å²) >= 11 is 1.64. The zero-order valence-electron chi connectivity index (χ0n) is 19.6. The topological polar surface area (TPSA) is 98.6 Å². The number of hydrogen-bond donors (Lipinski definition) is 1. The van der Waals surface area contributed by atoms with Crippen LogP contribution in [0.15, 0.2) is 65.8 Å². The van der Waals surface area contributed by atoms with Crippen LogP contribution in [0, 0.1) is 0 Å². The molecule has 0 saturated carbocycles. The predicted molar refractivity (Wildman–Crippen MR) is 137 cm³/mol. The Balaban J connectivity index is 1.68. The van der Waals surface area contributed by atoms with Crippen molar-refractivity contribution in [1.82, 2.24) is 30.2 Å². The van der Waals surface area contributed by atoms with Crippen LogP contribution in [0.5, 0.6) is 0 Å². The van der Waals surface area contributed by atoms with Crippen LogP contribution < -0.4 is 0 Å². The van der Waals surface area contributed by atoms with Gasteiger partial charge in [-0.1, -0.05) is 68.1 Å². The Kier molecular flexibility index (Phi) is 6.33. The lowest BCUT2D eigenvalue weighted by atomic mass is 9.99. The maximum Gasteiger partial charge on any atom is 0.340 e. The number of aromatic amines is 1. The number of thioether (sulfide) groups is 1. The van der Waals surface area contributed by atoms with Crippen LogP contribution in [-0.2, 0) is 11.2 Å². The summed E-state index contributed by atoms with van der Waals surface area (Å²) < 4.78 is 7.16. The van der Waals surface area contributed by atoms with Crippen LogP contribution in [0.3, 0.4) is 0 Å². The molecule has 0 fully saturated rings. The molecule has 5 aromatic rings. The molecule has 0 aliphatic carbocycles. The summed E-state index contributed by atoms with van der Waals surface area (Å²) in [4.78, 5) is 17.6. The van der Waals surface area contributed by atoms with Gasteiger partial charge in [0, 0.05) is 11.3 Å². The molecule has 3 aromatic carbocycles. The molecule has 0 bridgehead atoms. The largest absolute Gasteiger partial charge is 0.465 e. The molecule has 0 unspecified atom stereocenters. The second-order valence-corrected chi connectivity index (χ2v) is 9.05. The van der Waals surface area contributed by atoms with E-state index < -0.39 is 0 Å². The van der Waals surface area contributed by atoms with Crippen LogP contribution >= 0.6 is 11.8 Å². The first-order valence-corrected chi connectivity index (χ1v) is 12.3. The highest BCUT2D eigenvalue weighted by Crippen LogP contribution is 2.35. The Labute approximate surface area is 206 Å². The van der Waals surface area contributed by atoms with E-state index in [9.17, 15) is 4.79 Å². The van der Waals surface area contributed by atoms with Gasteiger partial charge < -0.3 is 4.74 Å². The van der Waals surface area contributed by atoms with Gasteiger partial charge in [-0.25, -0.2) is 14.9 Å². The van der Waals surface area contributed by atoms with Gasteiger partial charge in [0.05, 0.1) is 23.7 Å². The minimum Gasteiger partial charge on any atom is -0.465 e. The Hall–Kier alpha value is -3.98. The molecule has 5 rings (SSSR count). The predicted octanol–water partition coefficient (Wildman–Crippen LogP) is 5.33. The monoisotopic (exact) mass is 484 g/mol. The molecule has 0 aliphatic rings. The number of methoxy groups -OCH3 is 1. The molecular formula is C26H24N6O2S. The molecule has 0 radical (unpaired) electrons. The second-order valence-electron chi connectivity index (χ2n) is 7.82.